The van der Waals surface area contributed by atoms with Crippen LogP contribution in [0.1, 0.15) is 85.6 Å². The average Bonchev–Trinajstić information content (AvgIpc) is 3.95. The highest BCUT2D eigenvalue weighted by Gasteiger charge is 2.23. The number of benzene rings is 1. The summed E-state index contributed by atoms with van der Waals surface area (Å²) in [5.41, 5.74) is 15.8. The van der Waals surface area contributed by atoms with Gasteiger partial charge in [-0.05, 0) is 70.9 Å². The summed E-state index contributed by atoms with van der Waals surface area (Å²) < 4.78 is 18.9. The number of nitrogens with zero attached hydrogens (tertiary/aromatic N) is 10. The Bertz CT molecular complexity index is 2630. The molecule has 0 unspecified atom stereocenters. The molecule has 6 aromatic rings. The second-order valence-electron chi connectivity index (χ2n) is 14.8. The van der Waals surface area contributed by atoms with Crippen LogP contribution in [0.2, 0.25) is 0 Å². The normalized spacial score (nSPS) is 13.6. The van der Waals surface area contributed by atoms with Crippen LogP contribution in [-0.2, 0) is 37.3 Å². The summed E-state index contributed by atoms with van der Waals surface area (Å²) in [4.78, 5) is 68.3. The van der Waals surface area contributed by atoms with Crippen molar-refractivity contribution in [2.24, 2.45) is 11.5 Å². The topological polar surface area (TPSA) is 238 Å². The van der Waals surface area contributed by atoms with Gasteiger partial charge in [-0.2, -0.15) is 10.2 Å². The van der Waals surface area contributed by atoms with Crippen molar-refractivity contribution in [3.05, 3.63) is 88.4 Å². The maximum atomic E-state index is 13.9. The van der Waals surface area contributed by atoms with Crippen LogP contribution < -0.4 is 21.5 Å². The molecule has 0 spiro atoms. The van der Waals surface area contributed by atoms with Crippen LogP contribution in [0.5, 0.6) is 5.75 Å². The standard InChI is InChI=1S/C42H51N13O6/c1-5-54-32(19-26(3)49-54)34(56)24-36-46-30-21-28(38(43)57)23-35(61-17-10-12-51-11-9-16-60-18-15-51)37(30)52(36)13-7-8-14-53-40-31(22-29(25-45-40)39(44)58)47-42(53)48-41(59)33-20-27(4)50-55(33)6-2/h7-8,19-23,25H,5-6,9-18,24H2,1-4H3,(H2,43,57)(H2,44,58)(H,47,48,59)/b8-7+. The number of amides is 3. The lowest BCUT2D eigenvalue weighted by Crippen LogP contribution is -2.28. The number of nitrogens with one attached hydrogen (secondary N) is 1. The van der Waals surface area contributed by atoms with E-state index >= 15 is 0 Å². The highest BCUT2D eigenvalue weighted by Crippen LogP contribution is 2.30. The number of carbonyl (C=O) groups is 4. The quantitative estimate of drug-likeness (QED) is 0.0642. The van der Waals surface area contributed by atoms with Gasteiger partial charge in [0.15, 0.2) is 11.4 Å². The maximum Gasteiger partial charge on any atom is 0.276 e. The molecule has 3 amide bonds. The molecule has 1 saturated heterocycles. The number of rotatable bonds is 18. The Morgan fingerprint density at radius 2 is 1.52 bits per heavy atom. The van der Waals surface area contributed by atoms with E-state index in [4.69, 9.17) is 25.9 Å². The molecule has 61 heavy (non-hydrogen) atoms. The molecule has 0 aliphatic carbocycles. The molecule has 0 atom stereocenters. The average molecular weight is 834 g/mol. The van der Waals surface area contributed by atoms with E-state index in [1.54, 1.807) is 38.2 Å². The van der Waals surface area contributed by atoms with Gasteiger partial charge in [-0.15, -0.1) is 0 Å². The van der Waals surface area contributed by atoms with E-state index in [1.165, 1.54) is 12.3 Å². The van der Waals surface area contributed by atoms with Crippen molar-refractivity contribution in [3.63, 3.8) is 0 Å². The Kier molecular flexibility index (Phi) is 13.0. The zero-order valence-electron chi connectivity index (χ0n) is 34.9. The van der Waals surface area contributed by atoms with Crippen molar-refractivity contribution in [3.8, 4) is 5.75 Å². The molecular weight excluding hydrogens is 783 g/mol. The number of ketones is 1. The van der Waals surface area contributed by atoms with E-state index in [0.29, 0.717) is 77.2 Å². The number of nitrogens with two attached hydrogens (primary N) is 2. The lowest BCUT2D eigenvalue weighted by Gasteiger charge is -2.19. The Labute approximate surface area is 351 Å². The number of primary amides is 2. The molecule has 6 heterocycles. The van der Waals surface area contributed by atoms with Crippen molar-refractivity contribution in [2.75, 3.05) is 44.8 Å². The first-order valence-corrected chi connectivity index (χ1v) is 20.4. The van der Waals surface area contributed by atoms with Gasteiger partial charge in [-0.3, -0.25) is 38.4 Å². The van der Waals surface area contributed by atoms with Gasteiger partial charge >= 0.3 is 0 Å². The number of carbonyl (C=O) groups excluding carboxylic acids is 4. The summed E-state index contributed by atoms with van der Waals surface area (Å²) >= 11 is 0. The molecule has 0 saturated carbocycles. The van der Waals surface area contributed by atoms with Gasteiger partial charge in [0.2, 0.25) is 17.8 Å². The fraction of sp³-hybridized carbons (Fsp3) is 0.405. The zero-order chi connectivity index (χ0) is 43.2. The smallest absolute Gasteiger partial charge is 0.276 e. The molecule has 1 aromatic carbocycles. The summed E-state index contributed by atoms with van der Waals surface area (Å²) in [6, 6.07) is 8.22. The molecule has 1 aliphatic rings. The first-order valence-electron chi connectivity index (χ1n) is 20.4. The molecule has 5 aromatic heterocycles. The zero-order valence-corrected chi connectivity index (χ0v) is 34.9. The molecule has 7 rings (SSSR count). The predicted molar refractivity (Wildman–Crippen MR) is 227 cm³/mol. The number of ether oxygens (including phenoxy) is 2. The van der Waals surface area contributed by atoms with Crippen LogP contribution in [0, 0.1) is 13.8 Å². The Balaban J connectivity index is 1.22. The summed E-state index contributed by atoms with van der Waals surface area (Å²) in [5, 5.41) is 11.8. The third-order valence-corrected chi connectivity index (χ3v) is 10.4. The Morgan fingerprint density at radius 3 is 2.25 bits per heavy atom. The first kappa shape index (κ1) is 42.4. The van der Waals surface area contributed by atoms with Crippen LogP contribution in [0.3, 0.4) is 0 Å². The summed E-state index contributed by atoms with van der Waals surface area (Å²) in [5.74, 6) is -0.815. The molecule has 0 radical (unpaired) electrons. The third kappa shape index (κ3) is 9.52. The number of aryl methyl sites for hydroxylation is 4. The molecule has 1 aliphatic heterocycles. The van der Waals surface area contributed by atoms with Crippen molar-refractivity contribution in [2.45, 2.75) is 73.1 Å². The first-order chi connectivity index (χ1) is 29.4. The number of allylic oxidation sites excluding steroid dienone is 2. The lowest BCUT2D eigenvalue weighted by atomic mass is 10.1. The molecule has 19 nitrogen and oxygen atoms in total. The second kappa shape index (κ2) is 18.7. The van der Waals surface area contributed by atoms with Gasteiger partial charge in [0.05, 0.1) is 42.1 Å². The number of hydrogen-bond donors (Lipinski definition) is 3. The van der Waals surface area contributed by atoms with Gasteiger partial charge in [-0.1, -0.05) is 12.2 Å². The highest BCUT2D eigenvalue weighted by atomic mass is 16.5. The van der Waals surface area contributed by atoms with E-state index in [-0.39, 0.29) is 42.4 Å². The van der Waals surface area contributed by atoms with E-state index in [9.17, 15) is 19.2 Å². The van der Waals surface area contributed by atoms with E-state index in [2.05, 4.69) is 30.4 Å². The molecule has 320 valence electrons. The molecular formula is C42H51N13O6. The van der Waals surface area contributed by atoms with Crippen LogP contribution in [0.15, 0.2) is 48.7 Å². The number of fused-ring (bicyclic) bond motifs is 2. The minimum Gasteiger partial charge on any atom is -0.491 e. The minimum absolute atomic E-state index is 0.0572. The van der Waals surface area contributed by atoms with Crippen LogP contribution in [0.25, 0.3) is 22.2 Å². The van der Waals surface area contributed by atoms with Crippen molar-refractivity contribution in [1.29, 1.82) is 0 Å². The van der Waals surface area contributed by atoms with Gasteiger partial charge < -0.3 is 30.4 Å². The Hall–Kier alpha value is -6.73. The van der Waals surface area contributed by atoms with E-state index < -0.39 is 17.7 Å². The van der Waals surface area contributed by atoms with Crippen LogP contribution in [-0.4, -0.2) is 112 Å². The summed E-state index contributed by atoms with van der Waals surface area (Å²) in [6.07, 6.45) is 6.78. The predicted octanol–water partition coefficient (Wildman–Crippen LogP) is 3.45. The number of hydrogen-bond acceptors (Lipinski definition) is 12. The SMILES string of the molecule is CCn1nc(C)cc1C(=O)Cc1nc2cc(C(N)=O)cc(OCCCN3CCCOCC3)c2n1C/C=C/Cn1c(NC(=O)c2cc(C)nn2CC)nc2cc(C(N)=O)cnc21. The van der Waals surface area contributed by atoms with Crippen LogP contribution >= 0.6 is 0 Å². The Morgan fingerprint density at radius 1 is 0.836 bits per heavy atom. The van der Waals surface area contributed by atoms with Gasteiger partial charge in [0, 0.05) is 64.2 Å². The van der Waals surface area contributed by atoms with Crippen molar-refractivity contribution >= 4 is 51.7 Å². The largest absolute Gasteiger partial charge is 0.491 e. The summed E-state index contributed by atoms with van der Waals surface area (Å²) in [6.45, 7) is 13.4. The van der Waals surface area contributed by atoms with Crippen LogP contribution in [0.4, 0.5) is 5.95 Å². The number of imidazole rings is 2. The highest BCUT2D eigenvalue weighted by molar-refractivity contribution is 6.03. The lowest BCUT2D eigenvalue weighted by molar-refractivity contribution is 0.0975. The van der Waals surface area contributed by atoms with Crippen molar-refractivity contribution in [1.82, 2.24) is 48.5 Å². The fourth-order valence-corrected chi connectivity index (χ4v) is 7.51. The fourth-order valence-electron chi connectivity index (χ4n) is 7.51. The van der Waals surface area contributed by atoms with E-state index in [0.717, 1.165) is 44.8 Å². The number of Topliss-reactive ketones (excluding diaryl/α,β-unsaturated/α-hetero) is 1. The molecule has 5 N–H and O–H groups in total. The second-order valence-corrected chi connectivity index (χ2v) is 14.8. The number of pyridine rings is 1. The minimum atomic E-state index is -0.660. The maximum absolute atomic E-state index is 13.9. The molecule has 0 bridgehead atoms. The third-order valence-electron chi connectivity index (χ3n) is 10.4. The summed E-state index contributed by atoms with van der Waals surface area (Å²) in [7, 11) is 0. The molecule has 1 fully saturated rings. The van der Waals surface area contributed by atoms with Gasteiger partial charge in [0.25, 0.3) is 5.91 Å². The monoisotopic (exact) mass is 833 g/mol. The number of anilines is 1. The van der Waals surface area contributed by atoms with Gasteiger partial charge in [0.1, 0.15) is 34.0 Å². The van der Waals surface area contributed by atoms with Crippen molar-refractivity contribution < 1.29 is 28.7 Å². The number of aromatic nitrogens is 9. The molecule has 19 heteroatoms. The van der Waals surface area contributed by atoms with E-state index in [1.807, 2.05) is 44.4 Å². The van der Waals surface area contributed by atoms with Gasteiger partial charge in [-0.25, -0.2) is 15.0 Å².